The summed E-state index contributed by atoms with van der Waals surface area (Å²) in [5, 5.41) is 0. The van der Waals surface area contributed by atoms with E-state index in [1.807, 2.05) is 19.1 Å². The molecule has 0 aliphatic rings. The lowest BCUT2D eigenvalue weighted by Gasteiger charge is -2.39. The molecule has 4 aromatic carbocycles. The summed E-state index contributed by atoms with van der Waals surface area (Å²) in [5.74, 6) is 0. The highest BCUT2D eigenvalue weighted by atomic mass is 32.3. The van der Waals surface area contributed by atoms with Gasteiger partial charge in [0, 0.05) is 14.7 Å². The molecular weight excluding hydrogens is 521 g/mol. The predicted octanol–water partition coefficient (Wildman–Crippen LogP) is 9.45. The zero-order valence-corrected chi connectivity index (χ0v) is 25.2. The maximum absolute atomic E-state index is 14.0. The first-order chi connectivity index (χ1) is 18.8. The van der Waals surface area contributed by atoms with Gasteiger partial charge in [0.1, 0.15) is 0 Å². The van der Waals surface area contributed by atoms with Gasteiger partial charge in [0.15, 0.2) is 0 Å². The van der Waals surface area contributed by atoms with E-state index in [2.05, 4.69) is 93.6 Å². The van der Waals surface area contributed by atoms with E-state index in [0.29, 0.717) is 0 Å². The van der Waals surface area contributed by atoms with Crippen molar-refractivity contribution in [3.63, 3.8) is 0 Å². The quantitative estimate of drug-likeness (QED) is 0.173. The SMILES string of the molecule is CCCc1ccc(S(OS(=O)(=O)c2ccc(C)cc2)(c2ccc(CCC)cc2)c2ccc(CCC)cc2)cc1. The van der Waals surface area contributed by atoms with Crippen molar-refractivity contribution in [2.45, 2.75) is 85.8 Å². The van der Waals surface area contributed by atoms with Crippen LogP contribution in [0.15, 0.2) is 117 Å². The molecule has 0 unspecified atom stereocenters. The highest BCUT2D eigenvalue weighted by Crippen LogP contribution is 2.70. The van der Waals surface area contributed by atoms with Gasteiger partial charge >= 0.3 is 10.1 Å². The Bertz CT molecular complexity index is 1320. The zero-order chi connectivity index (χ0) is 27.9. The second kappa shape index (κ2) is 13.0. The molecule has 0 radical (unpaired) electrons. The first-order valence-corrected chi connectivity index (χ1v) is 16.9. The minimum absolute atomic E-state index is 0.165. The Hall–Kier alpha value is -2.86. The van der Waals surface area contributed by atoms with Gasteiger partial charge in [-0.25, -0.2) is 3.63 Å². The molecule has 0 spiro atoms. The van der Waals surface area contributed by atoms with Gasteiger partial charge in [-0.1, -0.05) is 94.1 Å². The second-order valence-corrected chi connectivity index (χ2v) is 14.5. The van der Waals surface area contributed by atoms with Crippen molar-refractivity contribution in [1.82, 2.24) is 0 Å². The number of rotatable bonds is 12. The highest BCUT2D eigenvalue weighted by Gasteiger charge is 2.38. The summed E-state index contributed by atoms with van der Waals surface area (Å²) in [6.45, 7) is 8.43. The summed E-state index contributed by atoms with van der Waals surface area (Å²) in [7, 11) is -6.73. The van der Waals surface area contributed by atoms with E-state index < -0.39 is 20.4 Å². The molecule has 0 saturated heterocycles. The van der Waals surface area contributed by atoms with Crippen LogP contribution in [0.4, 0.5) is 0 Å². The van der Waals surface area contributed by atoms with Crippen LogP contribution in [0.5, 0.6) is 0 Å². The Morgan fingerprint density at radius 1 is 0.487 bits per heavy atom. The Kier molecular flexibility index (Phi) is 9.71. The van der Waals surface area contributed by atoms with Gasteiger partial charge < -0.3 is 0 Å². The summed E-state index contributed by atoms with van der Waals surface area (Å²) in [6, 6.07) is 31.9. The maximum Gasteiger partial charge on any atom is 0.307 e. The van der Waals surface area contributed by atoms with Crippen LogP contribution in [-0.4, -0.2) is 8.42 Å². The van der Waals surface area contributed by atoms with Gasteiger partial charge in [-0.05, 0) is 102 Å². The third-order valence-electron chi connectivity index (χ3n) is 6.88. The third kappa shape index (κ3) is 6.66. The lowest BCUT2D eigenvalue weighted by atomic mass is 10.1. The molecule has 0 N–H and O–H groups in total. The smallest absolute Gasteiger partial charge is 0.203 e. The number of hydrogen-bond acceptors (Lipinski definition) is 3. The van der Waals surface area contributed by atoms with Gasteiger partial charge in [-0.2, -0.15) is 8.42 Å². The molecule has 0 aromatic heterocycles. The van der Waals surface area contributed by atoms with Crippen LogP contribution in [0, 0.1) is 6.92 Å². The summed E-state index contributed by atoms with van der Waals surface area (Å²) >= 11 is 0. The lowest BCUT2D eigenvalue weighted by molar-refractivity contribution is 0.508. The molecule has 5 heteroatoms. The van der Waals surface area contributed by atoms with Crippen molar-refractivity contribution in [3.05, 3.63) is 119 Å². The monoisotopic (exact) mass is 560 g/mol. The molecule has 0 aliphatic heterocycles. The van der Waals surface area contributed by atoms with E-state index in [4.69, 9.17) is 3.63 Å². The average molecular weight is 561 g/mol. The fraction of sp³-hybridized carbons (Fsp3) is 0.294. The Morgan fingerprint density at radius 2 is 0.795 bits per heavy atom. The second-order valence-electron chi connectivity index (χ2n) is 10.1. The molecule has 0 aliphatic carbocycles. The molecule has 0 heterocycles. The summed E-state index contributed by atoms with van der Waals surface area (Å²) in [6.07, 6.45) is 6.07. The van der Waals surface area contributed by atoms with Crippen LogP contribution in [0.3, 0.4) is 0 Å². The molecule has 4 aromatic rings. The van der Waals surface area contributed by atoms with Crippen LogP contribution >= 0.6 is 10.3 Å². The normalized spacial score (nSPS) is 12.4. The average Bonchev–Trinajstić information content (AvgIpc) is 2.94. The molecule has 0 amide bonds. The topological polar surface area (TPSA) is 43.4 Å². The van der Waals surface area contributed by atoms with Gasteiger partial charge in [0.05, 0.1) is 4.90 Å². The van der Waals surface area contributed by atoms with E-state index in [0.717, 1.165) is 58.8 Å². The highest BCUT2D eigenvalue weighted by molar-refractivity contribution is 8.33. The van der Waals surface area contributed by atoms with Crippen molar-refractivity contribution in [3.8, 4) is 0 Å². The molecule has 3 nitrogen and oxygen atoms in total. The Morgan fingerprint density at radius 3 is 1.10 bits per heavy atom. The van der Waals surface area contributed by atoms with Gasteiger partial charge in [-0.3, -0.25) is 0 Å². The lowest BCUT2D eigenvalue weighted by Crippen LogP contribution is -2.15. The van der Waals surface area contributed by atoms with E-state index >= 15 is 0 Å². The van der Waals surface area contributed by atoms with Gasteiger partial charge in [0.2, 0.25) is 0 Å². The van der Waals surface area contributed by atoms with E-state index in [1.54, 1.807) is 12.1 Å². The predicted molar refractivity (Wildman–Crippen MR) is 163 cm³/mol. The van der Waals surface area contributed by atoms with Crippen LogP contribution in [0.1, 0.15) is 62.3 Å². The molecule has 39 heavy (non-hydrogen) atoms. The summed E-state index contributed by atoms with van der Waals surface area (Å²) in [5.41, 5.74) is 4.68. The van der Waals surface area contributed by atoms with Crippen molar-refractivity contribution in [1.29, 1.82) is 0 Å². The zero-order valence-electron chi connectivity index (χ0n) is 23.5. The fourth-order valence-corrected chi connectivity index (χ4v) is 9.99. The molecular formula is C34H40O3S2. The molecule has 0 saturated carbocycles. The van der Waals surface area contributed by atoms with Crippen LogP contribution in [-0.2, 0) is 33.0 Å². The first-order valence-electron chi connectivity index (χ1n) is 14.0. The number of hydrogen-bond donors (Lipinski definition) is 0. The third-order valence-corrected chi connectivity index (χ3v) is 12.1. The number of benzene rings is 4. The van der Waals surface area contributed by atoms with E-state index in [1.165, 1.54) is 16.7 Å². The van der Waals surface area contributed by atoms with Crippen molar-refractivity contribution >= 4 is 20.4 Å². The van der Waals surface area contributed by atoms with Gasteiger partial charge in [-0.15, -0.1) is 0 Å². The molecule has 0 bridgehead atoms. The molecule has 206 valence electrons. The van der Waals surface area contributed by atoms with Crippen molar-refractivity contribution in [2.24, 2.45) is 0 Å². The van der Waals surface area contributed by atoms with E-state index in [9.17, 15) is 8.42 Å². The first kappa shape index (κ1) is 29.1. The van der Waals surface area contributed by atoms with Crippen LogP contribution in [0.25, 0.3) is 0 Å². The summed E-state index contributed by atoms with van der Waals surface area (Å²) in [4.78, 5) is 2.76. The molecule has 0 atom stereocenters. The van der Waals surface area contributed by atoms with Crippen molar-refractivity contribution < 1.29 is 12.0 Å². The standard InChI is InChI=1S/C34H40O3S2/c1-5-8-28-13-21-31(22-14-28)38(32-23-15-29(9-6-2)16-24-32,33-25-17-30(10-7-3)18-26-33)37-39(35,36)34-19-11-27(4)12-20-34/h11-26H,5-10H2,1-4H3. The van der Waals surface area contributed by atoms with Crippen LogP contribution < -0.4 is 0 Å². The Balaban J connectivity index is 1.97. The Labute approximate surface area is 236 Å². The molecule has 0 fully saturated rings. The minimum Gasteiger partial charge on any atom is -0.203 e. The largest absolute Gasteiger partial charge is 0.307 e. The van der Waals surface area contributed by atoms with Crippen LogP contribution in [0.2, 0.25) is 0 Å². The fourth-order valence-electron chi connectivity index (χ4n) is 4.81. The number of aryl methyl sites for hydroxylation is 4. The summed E-state index contributed by atoms with van der Waals surface area (Å²) < 4.78 is 34.5. The minimum atomic E-state index is -4.10. The van der Waals surface area contributed by atoms with Crippen molar-refractivity contribution in [2.75, 3.05) is 0 Å². The maximum atomic E-state index is 14.0. The molecule has 4 rings (SSSR count). The van der Waals surface area contributed by atoms with E-state index in [-0.39, 0.29) is 4.90 Å². The van der Waals surface area contributed by atoms with Gasteiger partial charge in [0.25, 0.3) is 0 Å².